The first kappa shape index (κ1) is 11.6. The van der Waals surface area contributed by atoms with Crippen LogP contribution in [0.4, 0.5) is 0 Å². The van der Waals surface area contributed by atoms with E-state index in [-0.39, 0.29) is 0 Å². The number of carbonyl (C=O) groups excluding carboxylic acids is 1. The molecule has 0 radical (unpaired) electrons. The summed E-state index contributed by atoms with van der Waals surface area (Å²) in [6.45, 7) is 7.10. The lowest BCUT2D eigenvalue weighted by Gasteiger charge is -2.11. The Morgan fingerprint density at radius 1 is 1.24 bits per heavy atom. The van der Waals surface area contributed by atoms with E-state index in [0.29, 0.717) is 5.69 Å². The number of nitrogens with zero attached hydrogens (tertiary/aromatic N) is 2. The lowest BCUT2D eigenvalue weighted by molar-refractivity contribution is 0.111. The summed E-state index contributed by atoms with van der Waals surface area (Å²) in [7, 11) is 0. The number of aryl methyl sites for hydroxylation is 3. The molecule has 1 aromatic heterocycles. The summed E-state index contributed by atoms with van der Waals surface area (Å²) < 4.78 is 1.94. The molecule has 0 amide bonds. The second kappa shape index (κ2) is 4.53. The predicted octanol–water partition coefficient (Wildman–Crippen LogP) is 2.67. The van der Waals surface area contributed by atoms with Gasteiger partial charge in [0.05, 0.1) is 6.33 Å². The minimum atomic E-state index is 0.479. The lowest BCUT2D eigenvalue weighted by Crippen LogP contribution is -2.02. The van der Waals surface area contributed by atoms with Crippen molar-refractivity contribution in [3.63, 3.8) is 0 Å². The third-order valence-electron chi connectivity index (χ3n) is 2.96. The van der Waals surface area contributed by atoms with Gasteiger partial charge < -0.3 is 4.57 Å². The van der Waals surface area contributed by atoms with Crippen LogP contribution in [0, 0.1) is 20.8 Å². The maximum Gasteiger partial charge on any atom is 0.169 e. The van der Waals surface area contributed by atoms with Gasteiger partial charge in [-0.25, -0.2) is 4.98 Å². The first-order chi connectivity index (χ1) is 8.10. The third-order valence-corrected chi connectivity index (χ3v) is 2.96. The quantitative estimate of drug-likeness (QED) is 0.757. The van der Waals surface area contributed by atoms with Gasteiger partial charge in [-0.1, -0.05) is 17.7 Å². The van der Waals surface area contributed by atoms with Crippen LogP contribution in [0.3, 0.4) is 0 Å². The van der Waals surface area contributed by atoms with Gasteiger partial charge in [0.15, 0.2) is 6.29 Å². The zero-order valence-electron chi connectivity index (χ0n) is 10.4. The van der Waals surface area contributed by atoms with Gasteiger partial charge in [0, 0.05) is 12.7 Å². The van der Waals surface area contributed by atoms with Crippen molar-refractivity contribution in [3.05, 3.63) is 52.6 Å². The average Bonchev–Trinajstić information content (AvgIpc) is 2.71. The van der Waals surface area contributed by atoms with Crippen molar-refractivity contribution in [2.75, 3.05) is 0 Å². The average molecular weight is 228 g/mol. The molecule has 1 heterocycles. The summed E-state index contributed by atoms with van der Waals surface area (Å²) in [6, 6.07) is 4.36. The van der Waals surface area contributed by atoms with Gasteiger partial charge in [-0.05, 0) is 37.5 Å². The van der Waals surface area contributed by atoms with E-state index in [1.165, 1.54) is 22.3 Å². The molecule has 2 rings (SSSR count). The van der Waals surface area contributed by atoms with E-state index in [1.54, 1.807) is 12.5 Å². The topological polar surface area (TPSA) is 34.9 Å². The Hall–Kier alpha value is -1.90. The molecule has 0 aliphatic heterocycles. The standard InChI is InChI=1S/C14H16N2O/c1-10-4-11(2)14(12(3)5-10)7-16-6-13(8-17)15-9-16/h4-6,8-9H,7H2,1-3H3. The Morgan fingerprint density at radius 3 is 2.41 bits per heavy atom. The first-order valence-electron chi connectivity index (χ1n) is 5.64. The number of hydrogen-bond donors (Lipinski definition) is 0. The first-order valence-corrected chi connectivity index (χ1v) is 5.64. The highest BCUT2D eigenvalue weighted by Gasteiger charge is 2.05. The van der Waals surface area contributed by atoms with Gasteiger partial charge in [0.2, 0.25) is 0 Å². The summed E-state index contributed by atoms with van der Waals surface area (Å²) in [5, 5.41) is 0. The maximum absolute atomic E-state index is 10.6. The minimum absolute atomic E-state index is 0.479. The molecule has 3 heteroatoms. The van der Waals surface area contributed by atoms with Crippen LogP contribution in [0.5, 0.6) is 0 Å². The smallest absolute Gasteiger partial charge is 0.169 e. The molecule has 0 atom stereocenters. The van der Waals surface area contributed by atoms with Crippen LogP contribution in [-0.2, 0) is 6.54 Å². The molecule has 17 heavy (non-hydrogen) atoms. The van der Waals surface area contributed by atoms with Crippen LogP contribution in [0.25, 0.3) is 0 Å². The largest absolute Gasteiger partial charge is 0.332 e. The van der Waals surface area contributed by atoms with E-state index in [4.69, 9.17) is 0 Å². The van der Waals surface area contributed by atoms with Crippen LogP contribution < -0.4 is 0 Å². The van der Waals surface area contributed by atoms with Crippen molar-refractivity contribution in [3.8, 4) is 0 Å². The molecule has 0 aliphatic carbocycles. The molecule has 0 aliphatic rings. The molecule has 88 valence electrons. The molecule has 0 bridgehead atoms. The van der Waals surface area contributed by atoms with Gasteiger partial charge in [0.25, 0.3) is 0 Å². The number of hydrogen-bond acceptors (Lipinski definition) is 2. The van der Waals surface area contributed by atoms with E-state index in [2.05, 4.69) is 37.9 Å². The molecule has 1 aromatic carbocycles. The van der Waals surface area contributed by atoms with Crippen molar-refractivity contribution in [2.45, 2.75) is 27.3 Å². The zero-order chi connectivity index (χ0) is 12.4. The zero-order valence-corrected chi connectivity index (χ0v) is 10.4. The number of aromatic nitrogens is 2. The predicted molar refractivity (Wildman–Crippen MR) is 67.4 cm³/mol. The molecular weight excluding hydrogens is 212 g/mol. The third kappa shape index (κ3) is 2.44. The Bertz CT molecular complexity index is 532. The van der Waals surface area contributed by atoms with Crippen LogP contribution in [-0.4, -0.2) is 15.8 Å². The number of rotatable bonds is 3. The summed E-state index contributed by atoms with van der Waals surface area (Å²) in [5.41, 5.74) is 5.62. The molecule has 0 unspecified atom stereocenters. The summed E-state index contributed by atoms with van der Waals surface area (Å²) >= 11 is 0. The van der Waals surface area contributed by atoms with Crippen molar-refractivity contribution in [2.24, 2.45) is 0 Å². The molecule has 0 fully saturated rings. The van der Waals surface area contributed by atoms with Crippen LogP contribution in [0.1, 0.15) is 32.7 Å². The van der Waals surface area contributed by atoms with Gasteiger partial charge in [-0.3, -0.25) is 4.79 Å². The fourth-order valence-corrected chi connectivity index (χ4v) is 2.17. The molecule has 2 aromatic rings. The monoisotopic (exact) mass is 228 g/mol. The molecule has 3 nitrogen and oxygen atoms in total. The fraction of sp³-hybridized carbons (Fsp3) is 0.286. The number of carbonyl (C=O) groups is 1. The van der Waals surface area contributed by atoms with Crippen LogP contribution in [0.15, 0.2) is 24.7 Å². The SMILES string of the molecule is Cc1cc(C)c(Cn2cnc(C=O)c2)c(C)c1. The number of benzene rings is 1. The molecule has 0 saturated carbocycles. The van der Waals surface area contributed by atoms with E-state index >= 15 is 0 Å². The fourth-order valence-electron chi connectivity index (χ4n) is 2.17. The molecule has 0 spiro atoms. The van der Waals surface area contributed by atoms with Crippen molar-refractivity contribution >= 4 is 6.29 Å². The second-order valence-electron chi connectivity index (χ2n) is 4.47. The minimum Gasteiger partial charge on any atom is -0.332 e. The van der Waals surface area contributed by atoms with Crippen molar-refractivity contribution in [1.82, 2.24) is 9.55 Å². The van der Waals surface area contributed by atoms with Gasteiger partial charge >= 0.3 is 0 Å². The Morgan fingerprint density at radius 2 is 1.88 bits per heavy atom. The highest BCUT2D eigenvalue weighted by Crippen LogP contribution is 2.17. The van der Waals surface area contributed by atoms with E-state index in [0.717, 1.165) is 12.8 Å². The summed E-state index contributed by atoms with van der Waals surface area (Å²) in [6.07, 6.45) is 4.24. The van der Waals surface area contributed by atoms with Crippen LogP contribution in [0.2, 0.25) is 0 Å². The molecular formula is C14H16N2O. The lowest BCUT2D eigenvalue weighted by atomic mass is 10.00. The van der Waals surface area contributed by atoms with Gasteiger partial charge in [-0.2, -0.15) is 0 Å². The Kier molecular flexibility index (Phi) is 3.09. The van der Waals surface area contributed by atoms with Crippen molar-refractivity contribution in [1.29, 1.82) is 0 Å². The summed E-state index contributed by atoms with van der Waals surface area (Å²) in [5.74, 6) is 0. The van der Waals surface area contributed by atoms with Gasteiger partial charge in [0.1, 0.15) is 5.69 Å². The highest BCUT2D eigenvalue weighted by molar-refractivity contribution is 5.70. The molecule has 0 saturated heterocycles. The van der Waals surface area contributed by atoms with Crippen LogP contribution >= 0.6 is 0 Å². The van der Waals surface area contributed by atoms with E-state index < -0.39 is 0 Å². The Balaban J connectivity index is 2.32. The number of aldehydes is 1. The number of imidazole rings is 1. The van der Waals surface area contributed by atoms with Gasteiger partial charge in [-0.15, -0.1) is 0 Å². The van der Waals surface area contributed by atoms with E-state index in [1.807, 2.05) is 4.57 Å². The summed E-state index contributed by atoms with van der Waals surface area (Å²) in [4.78, 5) is 14.6. The normalized spacial score (nSPS) is 10.5. The highest BCUT2D eigenvalue weighted by atomic mass is 16.1. The maximum atomic E-state index is 10.6. The van der Waals surface area contributed by atoms with Crippen molar-refractivity contribution < 1.29 is 4.79 Å². The van der Waals surface area contributed by atoms with E-state index in [9.17, 15) is 4.79 Å². The second-order valence-corrected chi connectivity index (χ2v) is 4.47. The molecule has 0 N–H and O–H groups in total. The Labute approximate surface area is 101 Å².